The van der Waals surface area contributed by atoms with Gasteiger partial charge in [-0.2, -0.15) is 9.67 Å². The number of amides is 2. The molecule has 10 heteroatoms. The highest BCUT2D eigenvalue weighted by atomic mass is 32.2. The number of nitrogens with one attached hydrogen (secondary N) is 1. The summed E-state index contributed by atoms with van der Waals surface area (Å²) in [5.74, 6) is -0.104. The van der Waals surface area contributed by atoms with Gasteiger partial charge in [0.1, 0.15) is 0 Å². The molecule has 1 N–H and O–H groups in total. The van der Waals surface area contributed by atoms with Gasteiger partial charge in [0, 0.05) is 0 Å². The molecule has 0 spiro atoms. The van der Waals surface area contributed by atoms with E-state index < -0.39 is 0 Å². The van der Waals surface area contributed by atoms with E-state index in [-0.39, 0.29) is 17.6 Å². The van der Waals surface area contributed by atoms with Crippen molar-refractivity contribution < 1.29 is 9.59 Å². The van der Waals surface area contributed by atoms with Gasteiger partial charge < -0.3 is 5.32 Å². The minimum Gasteiger partial charge on any atom is -0.304 e. The summed E-state index contributed by atoms with van der Waals surface area (Å²) in [6.45, 7) is 0. The molecule has 2 heterocycles. The molecule has 0 unspecified atom stereocenters. The van der Waals surface area contributed by atoms with Gasteiger partial charge in [0.2, 0.25) is 11.1 Å². The fraction of sp³-hybridized carbons (Fsp3) is 0.167. The molecule has 112 valence electrons. The molecule has 0 atom stereocenters. The second kappa shape index (κ2) is 6.71. The molecule has 1 aromatic heterocycles. The summed E-state index contributed by atoms with van der Waals surface area (Å²) in [6.07, 6.45) is 0. The van der Waals surface area contributed by atoms with E-state index in [1.54, 1.807) is 4.68 Å². The maximum absolute atomic E-state index is 11.8. The van der Waals surface area contributed by atoms with Crippen molar-refractivity contribution in [3.8, 4) is 5.69 Å². The highest BCUT2D eigenvalue weighted by molar-refractivity contribution is 8.15. The highest BCUT2D eigenvalue weighted by Crippen LogP contribution is 2.18. The van der Waals surface area contributed by atoms with Gasteiger partial charge in [0.15, 0.2) is 5.17 Å². The fourth-order valence-electron chi connectivity index (χ4n) is 1.66. The summed E-state index contributed by atoms with van der Waals surface area (Å²) in [5.41, 5.74) is 0.812. The van der Waals surface area contributed by atoms with Crippen molar-refractivity contribution in [3.63, 3.8) is 0 Å². The molecule has 1 aliphatic rings. The second-order valence-corrected chi connectivity index (χ2v) is 6.05. The average molecular weight is 334 g/mol. The number of para-hydroxylation sites is 1. The van der Waals surface area contributed by atoms with Gasteiger partial charge in [-0.15, -0.1) is 5.10 Å². The van der Waals surface area contributed by atoms with Crippen molar-refractivity contribution in [2.75, 3.05) is 11.5 Å². The van der Waals surface area contributed by atoms with Gasteiger partial charge in [0.05, 0.1) is 17.2 Å². The lowest BCUT2D eigenvalue weighted by Gasteiger charge is -2.02. The van der Waals surface area contributed by atoms with E-state index in [4.69, 9.17) is 0 Å². The first-order valence-corrected chi connectivity index (χ1v) is 8.20. The van der Waals surface area contributed by atoms with Crippen LogP contribution in [0.5, 0.6) is 0 Å². The zero-order chi connectivity index (χ0) is 15.4. The summed E-state index contributed by atoms with van der Waals surface area (Å²) in [4.78, 5) is 26.7. The summed E-state index contributed by atoms with van der Waals surface area (Å²) in [5, 5.41) is 14.8. The number of carbonyl (C=O) groups excluding carboxylic acids is 2. The Labute approximate surface area is 133 Å². The average Bonchev–Trinajstić information content (AvgIpc) is 3.15. The number of amidine groups is 1. The van der Waals surface area contributed by atoms with E-state index in [2.05, 4.69) is 25.8 Å². The number of benzene rings is 1. The predicted molar refractivity (Wildman–Crippen MR) is 82.9 cm³/mol. The van der Waals surface area contributed by atoms with Gasteiger partial charge in [-0.05, 0) is 22.6 Å². The first kappa shape index (κ1) is 14.7. The van der Waals surface area contributed by atoms with E-state index in [0.29, 0.717) is 16.1 Å². The minimum atomic E-state index is -0.350. The van der Waals surface area contributed by atoms with Gasteiger partial charge in [0.25, 0.3) is 5.91 Å². The van der Waals surface area contributed by atoms with Crippen LogP contribution < -0.4 is 5.32 Å². The molecule has 3 rings (SSSR count). The summed E-state index contributed by atoms with van der Waals surface area (Å²) >= 11 is 2.40. The normalized spacial score (nSPS) is 16.0. The van der Waals surface area contributed by atoms with Crippen LogP contribution in [-0.4, -0.2) is 48.7 Å². The van der Waals surface area contributed by atoms with Crippen molar-refractivity contribution in [3.05, 3.63) is 30.3 Å². The zero-order valence-electron chi connectivity index (χ0n) is 11.2. The molecular weight excluding hydrogens is 324 g/mol. The zero-order valence-corrected chi connectivity index (χ0v) is 12.8. The highest BCUT2D eigenvalue weighted by Gasteiger charge is 2.18. The van der Waals surface area contributed by atoms with Crippen LogP contribution in [0.1, 0.15) is 0 Å². The first-order chi connectivity index (χ1) is 10.7. The van der Waals surface area contributed by atoms with Crippen LogP contribution in [0.15, 0.2) is 40.5 Å². The third-order valence-corrected chi connectivity index (χ3v) is 4.36. The Morgan fingerprint density at radius 3 is 2.95 bits per heavy atom. The summed E-state index contributed by atoms with van der Waals surface area (Å²) in [7, 11) is 0. The maximum Gasteiger partial charge on any atom is 0.258 e. The number of hydrogen-bond donors (Lipinski definition) is 1. The van der Waals surface area contributed by atoms with E-state index in [1.165, 1.54) is 23.5 Å². The first-order valence-electron chi connectivity index (χ1n) is 6.23. The van der Waals surface area contributed by atoms with Crippen LogP contribution in [0, 0.1) is 0 Å². The van der Waals surface area contributed by atoms with Crippen LogP contribution in [0.4, 0.5) is 0 Å². The van der Waals surface area contributed by atoms with Crippen LogP contribution in [0.2, 0.25) is 0 Å². The molecule has 1 aliphatic heterocycles. The molecule has 0 saturated carbocycles. The fourth-order valence-corrected chi connectivity index (χ4v) is 3.03. The van der Waals surface area contributed by atoms with Crippen molar-refractivity contribution >= 4 is 40.5 Å². The molecule has 1 fully saturated rings. The molecule has 22 heavy (non-hydrogen) atoms. The lowest BCUT2D eigenvalue weighted by atomic mass is 10.3. The molecule has 1 saturated heterocycles. The second-order valence-electron chi connectivity index (χ2n) is 4.15. The SMILES string of the molecule is O=C(CSc1nnnn1-c1ccccc1)N=C1NC(=O)CS1. The topological polar surface area (TPSA) is 102 Å². The monoisotopic (exact) mass is 334 g/mol. The molecule has 8 nitrogen and oxygen atoms in total. The van der Waals surface area contributed by atoms with Crippen molar-refractivity contribution in [1.82, 2.24) is 25.5 Å². The van der Waals surface area contributed by atoms with Crippen LogP contribution in [0.3, 0.4) is 0 Å². The summed E-state index contributed by atoms with van der Waals surface area (Å²) in [6, 6.07) is 9.39. The largest absolute Gasteiger partial charge is 0.304 e. The Morgan fingerprint density at radius 1 is 1.41 bits per heavy atom. The molecule has 0 radical (unpaired) electrons. The molecule has 0 bridgehead atoms. The standard InChI is InChI=1S/C12H10N6O2S2/c19-9-6-21-11(13-9)14-10(20)7-22-12-15-16-17-18(12)8-4-2-1-3-5-8/h1-5H,6-7H2,(H,13,14,19,20). The van der Waals surface area contributed by atoms with Crippen molar-refractivity contribution in [2.45, 2.75) is 5.16 Å². The Balaban J connectivity index is 1.64. The smallest absolute Gasteiger partial charge is 0.258 e. The lowest BCUT2D eigenvalue weighted by Crippen LogP contribution is -2.21. The summed E-state index contributed by atoms with van der Waals surface area (Å²) < 4.78 is 1.55. The molecule has 1 aromatic carbocycles. The number of nitrogens with zero attached hydrogens (tertiary/aromatic N) is 5. The number of rotatable bonds is 4. The number of aromatic nitrogens is 4. The third kappa shape index (κ3) is 3.52. The van der Waals surface area contributed by atoms with E-state index in [0.717, 1.165) is 5.69 Å². The Bertz CT molecular complexity index is 730. The van der Waals surface area contributed by atoms with Gasteiger partial charge >= 0.3 is 0 Å². The number of hydrogen-bond acceptors (Lipinski definition) is 7. The predicted octanol–water partition coefficient (Wildman–Crippen LogP) is 0.500. The molecular formula is C12H10N6O2S2. The third-order valence-electron chi connectivity index (χ3n) is 2.58. The minimum absolute atomic E-state index is 0.0904. The molecule has 2 aromatic rings. The number of carbonyl (C=O) groups is 2. The van der Waals surface area contributed by atoms with Crippen molar-refractivity contribution in [2.24, 2.45) is 4.99 Å². The van der Waals surface area contributed by atoms with E-state index in [1.807, 2.05) is 30.3 Å². The lowest BCUT2D eigenvalue weighted by molar-refractivity contribution is -0.116. The van der Waals surface area contributed by atoms with Crippen LogP contribution in [0.25, 0.3) is 5.69 Å². The van der Waals surface area contributed by atoms with Gasteiger partial charge in [-0.3, -0.25) is 9.59 Å². The van der Waals surface area contributed by atoms with E-state index >= 15 is 0 Å². The maximum atomic E-state index is 11.8. The number of tetrazole rings is 1. The molecule has 0 aliphatic carbocycles. The number of thioether (sulfide) groups is 2. The number of aliphatic imine (C=N–C) groups is 1. The molecule has 2 amide bonds. The Hall–Kier alpha value is -2.20. The van der Waals surface area contributed by atoms with Crippen molar-refractivity contribution in [1.29, 1.82) is 0 Å². The van der Waals surface area contributed by atoms with Crippen LogP contribution >= 0.6 is 23.5 Å². The van der Waals surface area contributed by atoms with Crippen LogP contribution in [-0.2, 0) is 9.59 Å². The Morgan fingerprint density at radius 2 is 2.23 bits per heavy atom. The Kier molecular flexibility index (Phi) is 4.49. The van der Waals surface area contributed by atoms with Gasteiger partial charge in [-0.1, -0.05) is 41.7 Å². The van der Waals surface area contributed by atoms with Gasteiger partial charge in [-0.25, -0.2) is 0 Å². The quantitative estimate of drug-likeness (QED) is 0.812. The van der Waals surface area contributed by atoms with E-state index in [9.17, 15) is 9.59 Å².